The van der Waals surface area contributed by atoms with Crippen molar-refractivity contribution in [3.8, 4) is 0 Å². The van der Waals surface area contributed by atoms with E-state index in [0.29, 0.717) is 63.9 Å². The lowest BCUT2D eigenvalue weighted by Gasteiger charge is -2.40. The number of hydrogen-bond acceptors (Lipinski definition) is 7. The molecule has 0 bridgehead atoms. The van der Waals surface area contributed by atoms with Crippen LogP contribution >= 0.6 is 0 Å². The van der Waals surface area contributed by atoms with Crippen LogP contribution in [-0.2, 0) is 19.1 Å². The van der Waals surface area contributed by atoms with Crippen molar-refractivity contribution in [1.82, 2.24) is 15.3 Å². The van der Waals surface area contributed by atoms with Crippen molar-refractivity contribution in [1.29, 1.82) is 0 Å². The second kappa shape index (κ2) is 10.3. The normalized spacial score (nSPS) is 23.3. The molecule has 10 nitrogen and oxygen atoms in total. The maximum atomic E-state index is 12.9. The Kier molecular flexibility index (Phi) is 7.39. The smallest absolute Gasteiger partial charge is 0.414 e. The number of nitrogens with one attached hydrogen (secondary N) is 1. The van der Waals surface area contributed by atoms with Gasteiger partial charge in [-0.3, -0.25) is 19.9 Å². The summed E-state index contributed by atoms with van der Waals surface area (Å²) in [5.41, 5.74) is 5.77. The van der Waals surface area contributed by atoms with Crippen LogP contribution in [0, 0.1) is 0 Å². The minimum Gasteiger partial charge on any atom is -0.446 e. The summed E-state index contributed by atoms with van der Waals surface area (Å²) in [6.07, 6.45) is -0.650. The molecular formula is C24H35N5O5. The predicted molar refractivity (Wildman–Crippen MR) is 128 cm³/mol. The van der Waals surface area contributed by atoms with Crippen molar-refractivity contribution in [3.63, 3.8) is 0 Å². The van der Waals surface area contributed by atoms with Gasteiger partial charge in [0.05, 0.1) is 43.3 Å². The van der Waals surface area contributed by atoms with Gasteiger partial charge in [-0.2, -0.15) is 0 Å². The number of rotatable bonds is 4. The minimum absolute atomic E-state index is 0.0614. The number of hydrazine groups is 1. The third-order valence-corrected chi connectivity index (χ3v) is 6.50. The average Bonchev–Trinajstić information content (AvgIpc) is 3.26. The van der Waals surface area contributed by atoms with Gasteiger partial charge in [0.25, 0.3) is 0 Å². The highest BCUT2D eigenvalue weighted by Crippen LogP contribution is 2.39. The number of carbonyl (C=O) groups excluding carboxylic acids is 3. The van der Waals surface area contributed by atoms with Gasteiger partial charge in [0, 0.05) is 45.6 Å². The first-order chi connectivity index (χ1) is 16.2. The fraction of sp³-hybridized carbons (Fsp3) is 0.625. The van der Waals surface area contributed by atoms with Gasteiger partial charge in [0.1, 0.15) is 0 Å². The van der Waals surface area contributed by atoms with Crippen LogP contribution in [0.15, 0.2) is 18.2 Å². The van der Waals surface area contributed by atoms with Crippen LogP contribution in [0.4, 0.5) is 16.2 Å². The molecule has 0 saturated carbocycles. The van der Waals surface area contributed by atoms with Gasteiger partial charge in [-0.25, -0.2) is 9.80 Å². The highest BCUT2D eigenvalue weighted by atomic mass is 16.6. The Morgan fingerprint density at radius 2 is 1.88 bits per heavy atom. The highest BCUT2D eigenvalue weighted by molar-refractivity contribution is 6.02. The average molecular weight is 474 g/mol. The molecule has 2 atom stereocenters. The largest absolute Gasteiger partial charge is 0.446 e. The summed E-state index contributed by atoms with van der Waals surface area (Å²) in [6, 6.07) is 5.75. The van der Waals surface area contributed by atoms with Crippen LogP contribution in [0.2, 0.25) is 0 Å². The Labute approximate surface area is 200 Å². The van der Waals surface area contributed by atoms with E-state index in [1.807, 2.05) is 48.9 Å². The van der Waals surface area contributed by atoms with Crippen molar-refractivity contribution >= 4 is 29.3 Å². The van der Waals surface area contributed by atoms with E-state index < -0.39 is 6.09 Å². The molecule has 1 N–H and O–H groups in total. The van der Waals surface area contributed by atoms with E-state index in [1.165, 1.54) is 0 Å². The summed E-state index contributed by atoms with van der Waals surface area (Å²) in [4.78, 5) is 43.1. The van der Waals surface area contributed by atoms with Gasteiger partial charge >= 0.3 is 6.09 Å². The number of carbonyl (C=O) groups is 3. The molecule has 3 aliphatic heterocycles. The number of amides is 3. The maximum Gasteiger partial charge on any atom is 0.414 e. The number of ether oxygens (including phenoxy) is 2. The third-order valence-electron chi connectivity index (χ3n) is 6.50. The second-order valence-electron chi connectivity index (χ2n) is 9.46. The van der Waals surface area contributed by atoms with E-state index in [-0.39, 0.29) is 29.9 Å². The zero-order valence-corrected chi connectivity index (χ0v) is 20.5. The SMILES string of the molecule is CC(=O)N1c2ccc(C3CNN(CC(=O)N4CCOCC4)C3)cc2N(C(=O)OC(C)C)C[C@@H]1C. The fourth-order valence-electron chi connectivity index (χ4n) is 4.87. The number of fused-ring (bicyclic) bond motifs is 1. The molecule has 0 aliphatic carbocycles. The summed E-state index contributed by atoms with van der Waals surface area (Å²) in [5, 5.41) is 1.96. The molecule has 1 aromatic carbocycles. The van der Waals surface area contributed by atoms with E-state index >= 15 is 0 Å². The molecule has 1 unspecified atom stereocenters. The monoisotopic (exact) mass is 473 g/mol. The van der Waals surface area contributed by atoms with Crippen LogP contribution in [-0.4, -0.2) is 92.4 Å². The summed E-state index contributed by atoms with van der Waals surface area (Å²) < 4.78 is 10.8. The Bertz CT molecular complexity index is 932. The molecule has 34 heavy (non-hydrogen) atoms. The molecule has 0 radical (unpaired) electrons. The Morgan fingerprint density at radius 1 is 1.15 bits per heavy atom. The number of morpholine rings is 1. The lowest BCUT2D eigenvalue weighted by molar-refractivity contribution is -0.136. The standard InChI is InChI=1S/C24H35N5O5/c1-16(2)34-24(32)28-13-17(3)29(18(4)30)21-6-5-19(11-22(21)28)20-12-25-27(14-20)15-23(31)26-7-9-33-10-8-26/h5-6,11,16-17,20,25H,7-10,12-15H2,1-4H3/t17-,20?/m0/s1. The Morgan fingerprint density at radius 3 is 2.56 bits per heavy atom. The van der Waals surface area contributed by atoms with Crippen molar-refractivity contribution in [3.05, 3.63) is 23.8 Å². The van der Waals surface area contributed by atoms with Crippen molar-refractivity contribution < 1.29 is 23.9 Å². The number of hydrogen-bond donors (Lipinski definition) is 1. The first kappa shape index (κ1) is 24.4. The van der Waals surface area contributed by atoms with E-state index in [4.69, 9.17) is 9.47 Å². The number of benzene rings is 1. The topological polar surface area (TPSA) is 94.7 Å². The van der Waals surface area contributed by atoms with Gasteiger partial charge in [0.15, 0.2) is 0 Å². The molecule has 4 rings (SSSR count). The molecule has 1 aromatic rings. The lowest BCUT2D eigenvalue weighted by atomic mass is 9.97. The van der Waals surface area contributed by atoms with E-state index in [0.717, 1.165) is 5.56 Å². The van der Waals surface area contributed by atoms with Gasteiger partial charge in [-0.1, -0.05) is 6.07 Å². The quantitative estimate of drug-likeness (QED) is 0.709. The first-order valence-corrected chi connectivity index (χ1v) is 12.0. The molecule has 2 saturated heterocycles. The molecule has 3 heterocycles. The fourth-order valence-corrected chi connectivity index (χ4v) is 4.87. The molecule has 3 amide bonds. The maximum absolute atomic E-state index is 12.9. The molecule has 3 aliphatic rings. The van der Waals surface area contributed by atoms with Gasteiger partial charge in [-0.15, -0.1) is 0 Å². The number of nitrogens with zero attached hydrogens (tertiary/aromatic N) is 4. The molecule has 186 valence electrons. The zero-order chi connectivity index (χ0) is 24.4. The van der Waals surface area contributed by atoms with E-state index in [2.05, 4.69) is 5.43 Å². The summed E-state index contributed by atoms with van der Waals surface area (Å²) in [7, 11) is 0. The van der Waals surface area contributed by atoms with Crippen LogP contribution in [0.1, 0.15) is 39.2 Å². The molecular weight excluding hydrogens is 438 g/mol. The first-order valence-electron chi connectivity index (χ1n) is 12.0. The third kappa shape index (κ3) is 5.18. The van der Waals surface area contributed by atoms with Crippen LogP contribution < -0.4 is 15.2 Å². The van der Waals surface area contributed by atoms with Gasteiger partial charge in [-0.05, 0) is 38.5 Å². The Hall–Kier alpha value is -2.69. The van der Waals surface area contributed by atoms with E-state index in [1.54, 1.807) is 16.7 Å². The van der Waals surface area contributed by atoms with Crippen molar-refractivity contribution in [2.45, 2.75) is 45.8 Å². The summed E-state index contributed by atoms with van der Waals surface area (Å²) in [6.45, 7) is 11.6. The van der Waals surface area contributed by atoms with Gasteiger partial charge in [0.2, 0.25) is 11.8 Å². The van der Waals surface area contributed by atoms with Crippen molar-refractivity contribution in [2.24, 2.45) is 0 Å². The van der Waals surface area contributed by atoms with Crippen LogP contribution in [0.5, 0.6) is 0 Å². The van der Waals surface area contributed by atoms with Crippen LogP contribution in [0.3, 0.4) is 0 Å². The molecule has 10 heteroatoms. The number of anilines is 2. The van der Waals surface area contributed by atoms with Crippen LogP contribution in [0.25, 0.3) is 0 Å². The van der Waals surface area contributed by atoms with E-state index in [9.17, 15) is 14.4 Å². The zero-order valence-electron chi connectivity index (χ0n) is 20.5. The van der Waals surface area contributed by atoms with Gasteiger partial charge < -0.3 is 19.3 Å². The summed E-state index contributed by atoms with van der Waals surface area (Å²) >= 11 is 0. The predicted octanol–water partition coefficient (Wildman–Crippen LogP) is 1.56. The molecule has 0 aromatic heterocycles. The molecule has 0 spiro atoms. The minimum atomic E-state index is -0.411. The van der Waals surface area contributed by atoms with Crippen molar-refractivity contribution in [2.75, 3.05) is 62.3 Å². The lowest BCUT2D eigenvalue weighted by Crippen LogP contribution is -2.51. The Balaban J connectivity index is 1.52. The summed E-state index contributed by atoms with van der Waals surface area (Å²) in [5.74, 6) is 0.181. The highest BCUT2D eigenvalue weighted by Gasteiger charge is 2.36. The molecule has 2 fully saturated rings. The second-order valence-corrected chi connectivity index (χ2v) is 9.46.